The average Bonchev–Trinajstić information content (AvgIpc) is 3.10. The summed E-state index contributed by atoms with van der Waals surface area (Å²) in [5.74, 6) is 0.382. The second-order valence-corrected chi connectivity index (χ2v) is 9.32. The Bertz CT molecular complexity index is 1070. The van der Waals surface area contributed by atoms with Gasteiger partial charge in [-0.2, -0.15) is 0 Å². The maximum Gasteiger partial charge on any atom is 0.255 e. The van der Waals surface area contributed by atoms with E-state index in [1.807, 2.05) is 65.6 Å². The van der Waals surface area contributed by atoms with E-state index in [4.69, 9.17) is 11.6 Å². The van der Waals surface area contributed by atoms with Gasteiger partial charge in [0.15, 0.2) is 0 Å². The molecule has 0 aromatic heterocycles. The zero-order valence-electron chi connectivity index (χ0n) is 15.8. The molecule has 3 aromatic carbocycles. The van der Waals surface area contributed by atoms with Crippen LogP contribution in [-0.2, 0) is 11.3 Å². The van der Waals surface area contributed by atoms with E-state index in [1.165, 1.54) is 0 Å². The predicted octanol–water partition coefficient (Wildman–Crippen LogP) is 6.13. The molecule has 4 rings (SSSR count). The SMILES string of the molecule is O=C(Nc1cccc(Br)c1)c1ccc([C@@H]2SCC(=O)N2Cc2ccc(Cl)cc2)cc1. The highest BCUT2D eigenvalue weighted by Gasteiger charge is 2.32. The molecule has 1 fully saturated rings. The highest BCUT2D eigenvalue weighted by Crippen LogP contribution is 2.39. The Labute approximate surface area is 192 Å². The highest BCUT2D eigenvalue weighted by molar-refractivity contribution is 9.10. The molecule has 4 nitrogen and oxygen atoms in total. The first kappa shape index (κ1) is 21.0. The van der Waals surface area contributed by atoms with Gasteiger partial charge in [0.25, 0.3) is 5.91 Å². The Hall–Kier alpha value is -2.28. The first-order valence-corrected chi connectivity index (χ1v) is 11.5. The van der Waals surface area contributed by atoms with Crippen LogP contribution in [0.5, 0.6) is 0 Å². The van der Waals surface area contributed by atoms with E-state index in [0.717, 1.165) is 21.3 Å². The van der Waals surface area contributed by atoms with Gasteiger partial charge >= 0.3 is 0 Å². The number of anilines is 1. The first-order valence-electron chi connectivity index (χ1n) is 9.32. The van der Waals surface area contributed by atoms with Crippen molar-refractivity contribution in [2.75, 3.05) is 11.1 Å². The molecule has 0 saturated carbocycles. The minimum Gasteiger partial charge on any atom is -0.322 e. The minimum atomic E-state index is -0.173. The summed E-state index contributed by atoms with van der Waals surface area (Å²) in [4.78, 5) is 26.8. The summed E-state index contributed by atoms with van der Waals surface area (Å²) in [5, 5.41) is 3.49. The van der Waals surface area contributed by atoms with Gasteiger partial charge in [-0.15, -0.1) is 11.8 Å². The molecule has 1 aliphatic heterocycles. The summed E-state index contributed by atoms with van der Waals surface area (Å²) < 4.78 is 0.902. The molecular weight excluding hydrogens is 484 g/mol. The molecule has 1 aliphatic rings. The molecule has 2 amide bonds. The average molecular weight is 502 g/mol. The van der Waals surface area contributed by atoms with Crippen LogP contribution >= 0.6 is 39.3 Å². The Morgan fingerprint density at radius 3 is 2.53 bits per heavy atom. The van der Waals surface area contributed by atoms with E-state index >= 15 is 0 Å². The maximum absolute atomic E-state index is 12.5. The molecule has 3 aromatic rings. The van der Waals surface area contributed by atoms with Crippen LogP contribution in [0.1, 0.15) is 26.9 Å². The second-order valence-electron chi connectivity index (χ2n) is 6.90. The van der Waals surface area contributed by atoms with Crippen LogP contribution in [0.15, 0.2) is 77.3 Å². The van der Waals surface area contributed by atoms with Crippen LogP contribution in [0.25, 0.3) is 0 Å². The van der Waals surface area contributed by atoms with Gasteiger partial charge in [0.1, 0.15) is 5.37 Å². The van der Waals surface area contributed by atoms with Crippen molar-refractivity contribution in [1.29, 1.82) is 0 Å². The fourth-order valence-corrected chi connectivity index (χ4v) is 4.97. The number of thioether (sulfide) groups is 1. The molecule has 1 N–H and O–H groups in total. The van der Waals surface area contributed by atoms with Crippen molar-refractivity contribution in [1.82, 2.24) is 4.90 Å². The molecule has 0 unspecified atom stereocenters. The first-order chi connectivity index (χ1) is 14.5. The lowest BCUT2D eigenvalue weighted by Crippen LogP contribution is -2.27. The third-order valence-electron chi connectivity index (χ3n) is 4.77. The summed E-state index contributed by atoms with van der Waals surface area (Å²) in [6, 6.07) is 22.4. The molecule has 7 heteroatoms. The van der Waals surface area contributed by atoms with Crippen molar-refractivity contribution >= 4 is 56.8 Å². The monoisotopic (exact) mass is 500 g/mol. The number of rotatable bonds is 5. The number of hydrogen-bond acceptors (Lipinski definition) is 3. The standard InChI is InChI=1S/C23H18BrClN2O2S/c24-18-2-1-3-20(12-18)26-22(29)16-6-8-17(9-7-16)23-27(21(28)14-30-23)13-15-4-10-19(25)11-5-15/h1-12,23H,13-14H2,(H,26,29)/t23-/m0/s1. The predicted molar refractivity (Wildman–Crippen MR) is 126 cm³/mol. The number of carbonyl (C=O) groups excluding carboxylic acids is 2. The number of carbonyl (C=O) groups is 2. The molecule has 0 radical (unpaired) electrons. The Kier molecular flexibility index (Phi) is 6.46. The number of hydrogen-bond donors (Lipinski definition) is 1. The van der Waals surface area contributed by atoms with Gasteiger partial charge in [0.2, 0.25) is 5.91 Å². The van der Waals surface area contributed by atoms with Gasteiger partial charge in [-0.05, 0) is 53.6 Å². The van der Waals surface area contributed by atoms with Crippen LogP contribution in [0.4, 0.5) is 5.69 Å². The lowest BCUT2D eigenvalue weighted by atomic mass is 10.1. The van der Waals surface area contributed by atoms with Crippen LogP contribution in [0, 0.1) is 0 Å². The van der Waals surface area contributed by atoms with Crippen molar-refractivity contribution in [3.05, 3.63) is 99.0 Å². The molecule has 0 spiro atoms. The fraction of sp³-hybridized carbons (Fsp3) is 0.130. The van der Waals surface area contributed by atoms with Gasteiger partial charge in [0.05, 0.1) is 5.75 Å². The maximum atomic E-state index is 12.5. The van der Waals surface area contributed by atoms with Crippen LogP contribution in [0.3, 0.4) is 0 Å². The van der Waals surface area contributed by atoms with Crippen molar-refractivity contribution in [2.45, 2.75) is 11.9 Å². The fourth-order valence-electron chi connectivity index (χ4n) is 3.26. The van der Waals surface area contributed by atoms with Crippen LogP contribution in [-0.4, -0.2) is 22.5 Å². The van der Waals surface area contributed by atoms with Gasteiger partial charge < -0.3 is 10.2 Å². The van der Waals surface area contributed by atoms with Gasteiger partial charge in [-0.1, -0.05) is 57.9 Å². The third kappa shape index (κ3) is 4.89. The summed E-state index contributed by atoms with van der Waals surface area (Å²) in [5.41, 5.74) is 3.32. The van der Waals surface area contributed by atoms with Crippen molar-refractivity contribution in [3.63, 3.8) is 0 Å². The topological polar surface area (TPSA) is 49.4 Å². The molecule has 1 heterocycles. The van der Waals surface area contributed by atoms with Crippen LogP contribution in [0.2, 0.25) is 5.02 Å². The zero-order valence-corrected chi connectivity index (χ0v) is 19.0. The molecule has 0 aliphatic carbocycles. The van der Waals surface area contributed by atoms with Gasteiger partial charge in [-0.3, -0.25) is 9.59 Å². The number of nitrogens with one attached hydrogen (secondary N) is 1. The van der Waals surface area contributed by atoms with E-state index in [-0.39, 0.29) is 17.2 Å². The molecule has 30 heavy (non-hydrogen) atoms. The van der Waals surface area contributed by atoms with E-state index in [1.54, 1.807) is 23.9 Å². The second kappa shape index (κ2) is 9.25. The number of amides is 2. The number of nitrogens with zero attached hydrogens (tertiary/aromatic N) is 1. The largest absolute Gasteiger partial charge is 0.322 e. The Morgan fingerprint density at radius 2 is 1.83 bits per heavy atom. The van der Waals surface area contributed by atoms with Crippen molar-refractivity contribution in [2.24, 2.45) is 0 Å². The van der Waals surface area contributed by atoms with E-state index in [2.05, 4.69) is 21.2 Å². The normalized spacial score (nSPS) is 16.0. The molecular formula is C23H18BrClN2O2S. The number of benzene rings is 3. The van der Waals surface area contributed by atoms with Crippen molar-refractivity contribution < 1.29 is 9.59 Å². The molecule has 152 valence electrons. The Morgan fingerprint density at radius 1 is 1.10 bits per heavy atom. The summed E-state index contributed by atoms with van der Waals surface area (Å²) >= 11 is 11.0. The van der Waals surface area contributed by atoms with Crippen molar-refractivity contribution in [3.8, 4) is 0 Å². The summed E-state index contributed by atoms with van der Waals surface area (Å²) in [7, 11) is 0. The smallest absolute Gasteiger partial charge is 0.255 e. The van der Waals surface area contributed by atoms with Gasteiger partial charge in [0, 0.05) is 27.3 Å². The summed E-state index contributed by atoms with van der Waals surface area (Å²) in [6.45, 7) is 0.527. The third-order valence-corrected chi connectivity index (χ3v) is 6.78. The quantitative estimate of drug-likeness (QED) is 0.457. The zero-order chi connectivity index (χ0) is 21.1. The van der Waals surface area contributed by atoms with E-state index in [0.29, 0.717) is 22.9 Å². The Balaban J connectivity index is 1.47. The molecule has 1 atom stereocenters. The lowest BCUT2D eigenvalue weighted by Gasteiger charge is -2.24. The number of halogens is 2. The highest BCUT2D eigenvalue weighted by atomic mass is 79.9. The van der Waals surface area contributed by atoms with E-state index < -0.39 is 0 Å². The van der Waals surface area contributed by atoms with E-state index in [9.17, 15) is 9.59 Å². The summed E-state index contributed by atoms with van der Waals surface area (Å²) in [6.07, 6.45) is 0. The minimum absolute atomic E-state index is 0.0737. The van der Waals surface area contributed by atoms with Crippen LogP contribution < -0.4 is 5.32 Å². The molecule has 1 saturated heterocycles. The molecule has 0 bridgehead atoms. The van der Waals surface area contributed by atoms with Gasteiger partial charge in [-0.25, -0.2) is 0 Å². The lowest BCUT2D eigenvalue weighted by molar-refractivity contribution is -0.128.